The number of thioether (sulfide) groups is 1. The van der Waals surface area contributed by atoms with Crippen LogP contribution in [-0.4, -0.2) is 36.2 Å². The smallest absolute Gasteiger partial charge is 0.261 e. The van der Waals surface area contributed by atoms with Crippen LogP contribution in [0.2, 0.25) is 0 Å². The molecule has 1 rings (SSSR count). The van der Waals surface area contributed by atoms with E-state index < -0.39 is 6.10 Å². The van der Waals surface area contributed by atoms with Gasteiger partial charge in [0.15, 0.2) is 6.10 Å². The molecule has 0 aliphatic rings. The Bertz CT molecular complexity index is 471. The highest BCUT2D eigenvalue weighted by Gasteiger charge is 2.18. The lowest BCUT2D eigenvalue weighted by molar-refractivity contribution is -0.127. The van der Waals surface area contributed by atoms with Gasteiger partial charge in [-0.1, -0.05) is 33.8 Å². The second-order valence-electron chi connectivity index (χ2n) is 5.95. The zero-order valence-corrected chi connectivity index (χ0v) is 15.0. The summed E-state index contributed by atoms with van der Waals surface area (Å²) in [5, 5.41) is 2.94. The molecule has 1 aromatic carbocycles. The van der Waals surface area contributed by atoms with Crippen molar-refractivity contribution < 1.29 is 14.3 Å². The summed E-state index contributed by atoms with van der Waals surface area (Å²) in [4.78, 5) is 12.2. The Morgan fingerprint density at radius 2 is 2.00 bits per heavy atom. The Morgan fingerprint density at radius 3 is 2.59 bits per heavy atom. The average Bonchev–Trinajstić information content (AvgIpc) is 2.48. The van der Waals surface area contributed by atoms with E-state index in [1.54, 1.807) is 13.2 Å². The van der Waals surface area contributed by atoms with Gasteiger partial charge in [0.05, 0.1) is 7.11 Å². The summed E-state index contributed by atoms with van der Waals surface area (Å²) in [7, 11) is 1.61. The van der Waals surface area contributed by atoms with Crippen LogP contribution in [0.25, 0.3) is 0 Å². The quantitative estimate of drug-likeness (QED) is 0.743. The maximum atomic E-state index is 12.2. The zero-order chi connectivity index (χ0) is 16.6. The number of hydrogen-bond acceptors (Lipinski definition) is 4. The van der Waals surface area contributed by atoms with E-state index in [1.165, 1.54) is 0 Å². The molecule has 22 heavy (non-hydrogen) atoms. The minimum absolute atomic E-state index is 0.0696. The predicted octanol–water partition coefficient (Wildman–Crippen LogP) is 3.50. The van der Waals surface area contributed by atoms with Crippen LogP contribution in [0.4, 0.5) is 0 Å². The normalized spacial score (nSPS) is 12.6. The number of hydrogen-bond donors (Lipinski definition) is 1. The number of carbonyl (C=O) groups excluding carboxylic acids is 1. The second kappa shape index (κ2) is 8.93. The van der Waals surface area contributed by atoms with E-state index in [0.29, 0.717) is 24.5 Å². The van der Waals surface area contributed by atoms with Crippen LogP contribution in [-0.2, 0) is 4.79 Å². The van der Waals surface area contributed by atoms with Crippen molar-refractivity contribution in [2.24, 2.45) is 0 Å². The van der Waals surface area contributed by atoms with E-state index in [0.717, 1.165) is 5.75 Å². The van der Waals surface area contributed by atoms with Gasteiger partial charge in [0.1, 0.15) is 11.5 Å². The van der Waals surface area contributed by atoms with Crippen molar-refractivity contribution in [3.8, 4) is 11.5 Å². The first kappa shape index (κ1) is 18.7. The topological polar surface area (TPSA) is 47.6 Å². The number of rotatable bonds is 8. The van der Waals surface area contributed by atoms with Gasteiger partial charge >= 0.3 is 0 Å². The molecule has 0 heterocycles. The van der Waals surface area contributed by atoms with Crippen molar-refractivity contribution in [1.29, 1.82) is 0 Å². The monoisotopic (exact) mass is 325 g/mol. The van der Waals surface area contributed by atoms with Crippen LogP contribution in [0.5, 0.6) is 11.5 Å². The molecule has 0 aliphatic carbocycles. The summed E-state index contributed by atoms with van der Waals surface area (Å²) in [5.41, 5.74) is 0. The van der Waals surface area contributed by atoms with Gasteiger partial charge in [0.25, 0.3) is 5.91 Å². The molecule has 0 radical (unpaired) electrons. The SMILES string of the molecule is CC[C@@H](Oc1cccc(OC)c1)C(=O)NCCSC(C)(C)C. The lowest BCUT2D eigenvalue weighted by atomic mass is 10.2. The van der Waals surface area contributed by atoms with Gasteiger partial charge in [-0.05, 0) is 18.6 Å². The van der Waals surface area contributed by atoms with Crippen LogP contribution >= 0.6 is 11.8 Å². The fraction of sp³-hybridized carbons (Fsp3) is 0.588. The molecule has 0 unspecified atom stereocenters. The van der Waals surface area contributed by atoms with Crippen molar-refractivity contribution in [3.63, 3.8) is 0 Å². The Kier molecular flexibility index (Phi) is 7.59. The van der Waals surface area contributed by atoms with Gasteiger partial charge in [-0.3, -0.25) is 4.79 Å². The van der Waals surface area contributed by atoms with Gasteiger partial charge in [0.2, 0.25) is 0 Å². The highest BCUT2D eigenvalue weighted by atomic mass is 32.2. The molecule has 0 fully saturated rings. The highest BCUT2D eigenvalue weighted by molar-refractivity contribution is 8.00. The van der Waals surface area contributed by atoms with Crippen LogP contribution in [0.1, 0.15) is 34.1 Å². The summed E-state index contributed by atoms with van der Waals surface area (Å²) in [5.74, 6) is 2.18. The first-order valence-electron chi connectivity index (χ1n) is 7.58. The Labute approximate surface area is 138 Å². The van der Waals surface area contributed by atoms with Crippen molar-refractivity contribution in [1.82, 2.24) is 5.32 Å². The number of carbonyl (C=O) groups is 1. The first-order valence-corrected chi connectivity index (χ1v) is 8.56. The molecule has 0 aliphatic heterocycles. The van der Waals surface area contributed by atoms with Gasteiger partial charge in [-0.15, -0.1) is 0 Å². The van der Waals surface area contributed by atoms with Crippen LogP contribution in [0.3, 0.4) is 0 Å². The largest absolute Gasteiger partial charge is 0.497 e. The van der Waals surface area contributed by atoms with Crippen LogP contribution < -0.4 is 14.8 Å². The van der Waals surface area contributed by atoms with E-state index >= 15 is 0 Å². The number of nitrogens with one attached hydrogen (secondary N) is 1. The average molecular weight is 325 g/mol. The predicted molar refractivity (Wildman–Crippen MR) is 92.9 cm³/mol. The van der Waals surface area contributed by atoms with Crippen LogP contribution in [0.15, 0.2) is 24.3 Å². The lowest BCUT2D eigenvalue weighted by Gasteiger charge is -2.20. The molecular weight excluding hydrogens is 298 g/mol. The van der Waals surface area contributed by atoms with Crippen molar-refractivity contribution >= 4 is 17.7 Å². The molecule has 0 saturated carbocycles. The van der Waals surface area contributed by atoms with Gasteiger partial charge < -0.3 is 14.8 Å². The van der Waals surface area contributed by atoms with Crippen LogP contribution in [0, 0.1) is 0 Å². The summed E-state index contributed by atoms with van der Waals surface area (Å²) >= 11 is 1.83. The highest BCUT2D eigenvalue weighted by Crippen LogP contribution is 2.22. The van der Waals surface area contributed by atoms with E-state index in [1.807, 2.05) is 36.9 Å². The summed E-state index contributed by atoms with van der Waals surface area (Å²) in [6.45, 7) is 9.09. The third-order valence-corrected chi connectivity index (χ3v) is 4.19. The summed E-state index contributed by atoms with van der Waals surface area (Å²) in [6, 6.07) is 7.30. The third-order valence-electron chi connectivity index (χ3n) is 2.92. The Balaban J connectivity index is 2.47. The summed E-state index contributed by atoms with van der Waals surface area (Å²) in [6.07, 6.45) is 0.141. The minimum atomic E-state index is -0.480. The number of amides is 1. The standard InChI is InChI=1S/C17H27NO3S/c1-6-15(16(19)18-10-11-22-17(2,3)4)21-14-9-7-8-13(12-14)20-5/h7-9,12,15H,6,10-11H2,1-5H3,(H,18,19)/t15-/m1/s1. The maximum absolute atomic E-state index is 12.2. The first-order chi connectivity index (χ1) is 10.4. The zero-order valence-electron chi connectivity index (χ0n) is 14.1. The molecule has 4 nitrogen and oxygen atoms in total. The number of methoxy groups -OCH3 is 1. The number of benzene rings is 1. The fourth-order valence-electron chi connectivity index (χ4n) is 1.81. The molecule has 124 valence electrons. The van der Waals surface area contributed by atoms with Gasteiger partial charge in [-0.25, -0.2) is 0 Å². The molecule has 0 saturated heterocycles. The van der Waals surface area contributed by atoms with E-state index in [-0.39, 0.29) is 10.7 Å². The molecule has 0 bridgehead atoms. The molecule has 0 spiro atoms. The van der Waals surface area contributed by atoms with E-state index in [4.69, 9.17) is 9.47 Å². The van der Waals surface area contributed by atoms with Gasteiger partial charge in [0, 0.05) is 23.1 Å². The van der Waals surface area contributed by atoms with Crippen molar-refractivity contribution in [2.75, 3.05) is 19.4 Å². The van der Waals surface area contributed by atoms with E-state index in [2.05, 4.69) is 26.1 Å². The molecule has 1 aromatic rings. The Hall–Kier alpha value is -1.36. The molecule has 1 atom stereocenters. The maximum Gasteiger partial charge on any atom is 0.261 e. The summed E-state index contributed by atoms with van der Waals surface area (Å²) < 4.78 is 11.1. The van der Waals surface area contributed by atoms with Crippen molar-refractivity contribution in [3.05, 3.63) is 24.3 Å². The third kappa shape index (κ3) is 7.07. The second-order valence-corrected chi connectivity index (χ2v) is 7.87. The molecular formula is C17H27NO3S. The molecule has 0 aromatic heterocycles. The fourth-order valence-corrected chi connectivity index (χ4v) is 2.62. The molecule has 5 heteroatoms. The number of ether oxygens (including phenoxy) is 2. The van der Waals surface area contributed by atoms with Gasteiger partial charge in [-0.2, -0.15) is 11.8 Å². The minimum Gasteiger partial charge on any atom is -0.497 e. The molecule has 1 amide bonds. The lowest BCUT2D eigenvalue weighted by Crippen LogP contribution is -2.39. The van der Waals surface area contributed by atoms with Crippen molar-refractivity contribution in [2.45, 2.75) is 45.0 Å². The molecule has 1 N–H and O–H groups in total. The Morgan fingerprint density at radius 1 is 1.32 bits per heavy atom. The van der Waals surface area contributed by atoms with E-state index in [9.17, 15) is 4.79 Å².